The predicted molar refractivity (Wildman–Crippen MR) is 93.8 cm³/mol. The van der Waals surface area contributed by atoms with Crippen molar-refractivity contribution in [2.75, 3.05) is 31.1 Å². The lowest BCUT2D eigenvalue weighted by molar-refractivity contribution is 0.385. The minimum Gasteiger partial charge on any atom is -0.369 e. The van der Waals surface area contributed by atoms with Gasteiger partial charge in [-0.15, -0.1) is 0 Å². The second-order valence-corrected chi connectivity index (χ2v) is 8.14. The van der Waals surface area contributed by atoms with Crippen LogP contribution in [0.5, 0.6) is 0 Å². The Labute approximate surface area is 150 Å². The van der Waals surface area contributed by atoms with Crippen LogP contribution in [0.25, 0.3) is 0 Å². The fourth-order valence-corrected chi connectivity index (χ4v) is 4.75. The summed E-state index contributed by atoms with van der Waals surface area (Å²) < 4.78 is 40.1. The largest absolute Gasteiger partial charge is 0.369 e. The van der Waals surface area contributed by atoms with Crippen LogP contribution in [0.4, 0.5) is 10.1 Å². The fourth-order valence-electron chi connectivity index (χ4n) is 2.66. The zero-order valence-corrected chi connectivity index (χ0v) is 15.0. The molecule has 0 N–H and O–H groups in total. The molecule has 1 heterocycles. The van der Waals surface area contributed by atoms with E-state index in [0.717, 1.165) is 5.69 Å². The van der Waals surface area contributed by atoms with Gasteiger partial charge in [0.2, 0.25) is 10.0 Å². The van der Waals surface area contributed by atoms with E-state index in [0.29, 0.717) is 26.2 Å². The molecule has 0 radical (unpaired) electrons. The molecular weight excluding hydrogens is 374 g/mol. The highest BCUT2D eigenvalue weighted by Gasteiger charge is 2.30. The number of hydrogen-bond acceptors (Lipinski definition) is 3. The van der Waals surface area contributed by atoms with Crippen LogP contribution >= 0.6 is 23.2 Å². The van der Waals surface area contributed by atoms with E-state index in [1.54, 1.807) is 30.3 Å². The maximum absolute atomic E-state index is 13.3. The minimum absolute atomic E-state index is 0.0543. The van der Waals surface area contributed by atoms with Gasteiger partial charge in [0.15, 0.2) is 0 Å². The van der Waals surface area contributed by atoms with Crippen molar-refractivity contribution in [3.05, 3.63) is 58.3 Å². The molecule has 0 amide bonds. The van der Waals surface area contributed by atoms with E-state index in [4.69, 9.17) is 23.2 Å². The number of sulfonamides is 1. The first-order chi connectivity index (χ1) is 11.4. The second-order valence-electron chi connectivity index (χ2n) is 5.42. The molecule has 1 saturated heterocycles. The molecule has 1 aliphatic heterocycles. The molecular formula is C16H15Cl2FN2O2S. The number of halogens is 3. The van der Waals surface area contributed by atoms with E-state index < -0.39 is 15.8 Å². The van der Waals surface area contributed by atoms with Crippen molar-refractivity contribution in [3.8, 4) is 0 Å². The van der Waals surface area contributed by atoms with E-state index in [1.165, 1.54) is 16.4 Å². The van der Waals surface area contributed by atoms with Gasteiger partial charge in [0.25, 0.3) is 0 Å². The lowest BCUT2D eigenvalue weighted by Crippen LogP contribution is -2.48. The monoisotopic (exact) mass is 388 g/mol. The molecule has 0 saturated carbocycles. The molecule has 0 atom stereocenters. The third-order valence-corrected chi connectivity index (χ3v) is 6.65. The van der Waals surface area contributed by atoms with Crippen LogP contribution in [-0.4, -0.2) is 38.9 Å². The Balaban J connectivity index is 1.75. The average Bonchev–Trinajstić information content (AvgIpc) is 2.58. The fraction of sp³-hybridized carbons (Fsp3) is 0.250. The van der Waals surface area contributed by atoms with Gasteiger partial charge in [0.1, 0.15) is 10.7 Å². The van der Waals surface area contributed by atoms with Gasteiger partial charge in [-0.1, -0.05) is 35.3 Å². The van der Waals surface area contributed by atoms with E-state index in [2.05, 4.69) is 0 Å². The quantitative estimate of drug-likeness (QED) is 0.805. The lowest BCUT2D eigenvalue weighted by atomic mass is 10.2. The SMILES string of the molecule is O=S(=O)(c1ccccc1Cl)N1CCN(c2ccc(F)c(Cl)c2)CC1. The minimum atomic E-state index is -3.62. The molecule has 0 unspecified atom stereocenters. The first-order valence-electron chi connectivity index (χ1n) is 7.34. The zero-order chi connectivity index (χ0) is 17.3. The first kappa shape index (κ1) is 17.5. The van der Waals surface area contributed by atoms with Gasteiger partial charge >= 0.3 is 0 Å². The van der Waals surface area contributed by atoms with Gasteiger partial charge in [0.05, 0.1) is 10.0 Å². The van der Waals surface area contributed by atoms with Crippen molar-refractivity contribution < 1.29 is 12.8 Å². The van der Waals surface area contributed by atoms with Crippen LogP contribution in [0.15, 0.2) is 47.4 Å². The molecule has 1 fully saturated rings. The Hall–Kier alpha value is -1.34. The summed E-state index contributed by atoms with van der Waals surface area (Å²) in [7, 11) is -3.62. The number of hydrogen-bond donors (Lipinski definition) is 0. The molecule has 8 heteroatoms. The van der Waals surface area contributed by atoms with Gasteiger partial charge < -0.3 is 4.90 Å². The van der Waals surface area contributed by atoms with Crippen molar-refractivity contribution in [1.29, 1.82) is 0 Å². The molecule has 2 aromatic carbocycles. The van der Waals surface area contributed by atoms with Crippen molar-refractivity contribution in [2.45, 2.75) is 4.90 Å². The summed E-state index contributed by atoms with van der Waals surface area (Å²) in [6, 6.07) is 10.9. The number of nitrogens with zero attached hydrogens (tertiary/aromatic N) is 2. The summed E-state index contributed by atoms with van der Waals surface area (Å²) in [5.74, 6) is -0.472. The molecule has 1 aliphatic rings. The Morgan fingerprint density at radius 1 is 0.917 bits per heavy atom. The predicted octanol–water partition coefficient (Wildman–Crippen LogP) is 3.64. The number of piperazine rings is 1. The van der Waals surface area contributed by atoms with E-state index in [1.807, 2.05) is 4.90 Å². The number of benzene rings is 2. The standard InChI is InChI=1S/C16H15Cl2FN2O2S/c17-13-3-1-2-4-16(13)24(22,23)21-9-7-20(8-10-21)12-5-6-15(19)14(18)11-12/h1-6,11H,7-10H2. The van der Waals surface area contributed by atoms with E-state index in [-0.39, 0.29) is 14.9 Å². The van der Waals surface area contributed by atoms with Crippen LogP contribution < -0.4 is 4.90 Å². The summed E-state index contributed by atoms with van der Waals surface area (Å²) in [5.41, 5.74) is 0.774. The van der Waals surface area contributed by atoms with Crippen LogP contribution in [0.1, 0.15) is 0 Å². The molecule has 4 nitrogen and oxygen atoms in total. The highest BCUT2D eigenvalue weighted by atomic mass is 35.5. The Kier molecular flexibility index (Phi) is 5.01. The molecule has 128 valence electrons. The second kappa shape index (κ2) is 6.88. The number of anilines is 1. The maximum Gasteiger partial charge on any atom is 0.244 e. The van der Waals surface area contributed by atoms with Crippen LogP contribution in [0.3, 0.4) is 0 Å². The van der Waals surface area contributed by atoms with E-state index in [9.17, 15) is 12.8 Å². The van der Waals surface area contributed by atoms with Gasteiger partial charge in [-0.3, -0.25) is 0 Å². The van der Waals surface area contributed by atoms with Crippen LogP contribution in [0.2, 0.25) is 10.0 Å². The molecule has 0 spiro atoms. The molecule has 3 rings (SSSR count). The molecule has 0 aromatic heterocycles. The van der Waals surface area contributed by atoms with Crippen molar-refractivity contribution in [2.24, 2.45) is 0 Å². The lowest BCUT2D eigenvalue weighted by Gasteiger charge is -2.35. The van der Waals surface area contributed by atoms with Crippen LogP contribution in [0, 0.1) is 5.82 Å². The van der Waals surface area contributed by atoms with Crippen molar-refractivity contribution in [1.82, 2.24) is 4.31 Å². The molecule has 24 heavy (non-hydrogen) atoms. The Bertz CT molecular complexity index is 853. The Morgan fingerprint density at radius 3 is 2.21 bits per heavy atom. The average molecular weight is 389 g/mol. The van der Waals surface area contributed by atoms with Gasteiger partial charge in [-0.2, -0.15) is 4.31 Å². The zero-order valence-electron chi connectivity index (χ0n) is 12.6. The first-order valence-corrected chi connectivity index (χ1v) is 9.54. The summed E-state index contributed by atoms with van der Waals surface area (Å²) in [4.78, 5) is 2.09. The van der Waals surface area contributed by atoms with Gasteiger partial charge in [-0.25, -0.2) is 12.8 Å². The van der Waals surface area contributed by atoms with E-state index >= 15 is 0 Å². The topological polar surface area (TPSA) is 40.6 Å². The number of rotatable bonds is 3. The highest BCUT2D eigenvalue weighted by Crippen LogP contribution is 2.27. The summed E-state index contributed by atoms with van der Waals surface area (Å²) in [5, 5.41) is 0.267. The third-order valence-electron chi connectivity index (χ3n) is 3.96. The molecule has 0 aliphatic carbocycles. The van der Waals surface area contributed by atoms with Crippen molar-refractivity contribution >= 4 is 38.9 Å². The summed E-state index contributed by atoms with van der Waals surface area (Å²) in [6.07, 6.45) is 0. The van der Waals surface area contributed by atoms with Gasteiger partial charge in [0, 0.05) is 31.9 Å². The normalized spacial score (nSPS) is 16.4. The summed E-state index contributed by atoms with van der Waals surface area (Å²) in [6.45, 7) is 1.63. The van der Waals surface area contributed by atoms with Crippen molar-refractivity contribution in [3.63, 3.8) is 0 Å². The third kappa shape index (κ3) is 3.37. The van der Waals surface area contributed by atoms with Crippen LogP contribution in [-0.2, 0) is 10.0 Å². The molecule has 2 aromatic rings. The smallest absolute Gasteiger partial charge is 0.244 e. The molecule has 0 bridgehead atoms. The van der Waals surface area contributed by atoms with Gasteiger partial charge in [-0.05, 0) is 30.3 Å². The summed E-state index contributed by atoms with van der Waals surface area (Å²) >= 11 is 11.8. The maximum atomic E-state index is 13.3. The Morgan fingerprint density at radius 2 is 1.58 bits per heavy atom. The highest BCUT2D eigenvalue weighted by molar-refractivity contribution is 7.89.